The first-order valence-electron chi connectivity index (χ1n) is 8.01. The fourth-order valence-electron chi connectivity index (χ4n) is 3.17. The van der Waals surface area contributed by atoms with Gasteiger partial charge in [0.25, 0.3) is 5.91 Å². The van der Waals surface area contributed by atoms with Crippen LogP contribution >= 0.6 is 0 Å². The summed E-state index contributed by atoms with van der Waals surface area (Å²) in [6.45, 7) is -1.08. The summed E-state index contributed by atoms with van der Waals surface area (Å²) in [6.07, 6.45) is -4.66. The highest BCUT2D eigenvalue weighted by Gasteiger charge is 2.53. The van der Waals surface area contributed by atoms with Crippen LogP contribution in [0, 0.1) is 11.8 Å². The predicted molar refractivity (Wildman–Crippen MR) is 88.5 cm³/mol. The van der Waals surface area contributed by atoms with Gasteiger partial charge in [-0.25, -0.2) is 0 Å². The van der Waals surface area contributed by atoms with E-state index in [9.17, 15) is 22.8 Å². The third-order valence-corrected chi connectivity index (χ3v) is 4.58. The van der Waals surface area contributed by atoms with Crippen molar-refractivity contribution < 1.29 is 27.9 Å². The number of carboxylic acids is 1. The van der Waals surface area contributed by atoms with Gasteiger partial charge in [-0.15, -0.1) is 0 Å². The molecule has 7 heteroatoms. The molecule has 2 aromatic carbocycles. The first-order chi connectivity index (χ1) is 12.3. The number of alkyl halides is 3. The van der Waals surface area contributed by atoms with Crippen LogP contribution in [-0.4, -0.2) is 41.1 Å². The standard InChI is InChI=1S/C19H16F3NO3/c20-19(21,22)16-11-23(10-15(16)18(25)26)17(24)14-8-6-13(7-9-14)12-4-2-1-3-5-12/h1-9,15-16H,10-11H2,(H,25,26)/t15-,16-/m1/s1. The highest BCUT2D eigenvalue weighted by molar-refractivity contribution is 5.95. The number of rotatable bonds is 3. The smallest absolute Gasteiger partial charge is 0.394 e. The van der Waals surface area contributed by atoms with Crippen LogP contribution in [-0.2, 0) is 4.79 Å². The normalized spacial score (nSPS) is 20.2. The maximum absolute atomic E-state index is 13.0. The molecule has 0 unspecified atom stereocenters. The fourth-order valence-corrected chi connectivity index (χ4v) is 3.17. The molecule has 26 heavy (non-hydrogen) atoms. The molecule has 1 aliphatic heterocycles. The summed E-state index contributed by atoms with van der Waals surface area (Å²) in [7, 11) is 0. The zero-order valence-corrected chi connectivity index (χ0v) is 13.6. The Hall–Kier alpha value is -2.83. The molecule has 1 fully saturated rings. The third kappa shape index (κ3) is 3.56. The number of carbonyl (C=O) groups excluding carboxylic acids is 1. The fraction of sp³-hybridized carbons (Fsp3) is 0.263. The van der Waals surface area contributed by atoms with E-state index in [0.717, 1.165) is 16.0 Å². The molecule has 136 valence electrons. The Labute approximate surface area is 147 Å². The van der Waals surface area contributed by atoms with E-state index in [2.05, 4.69) is 0 Å². The van der Waals surface area contributed by atoms with Crippen LogP contribution in [0.1, 0.15) is 10.4 Å². The minimum Gasteiger partial charge on any atom is -0.481 e. The van der Waals surface area contributed by atoms with E-state index in [1.54, 1.807) is 24.3 Å². The SMILES string of the molecule is O=C(O)[C@@H]1CN(C(=O)c2ccc(-c3ccccc3)cc2)C[C@H]1C(F)(F)F. The van der Waals surface area contributed by atoms with Gasteiger partial charge in [-0.3, -0.25) is 9.59 Å². The molecule has 1 saturated heterocycles. The highest BCUT2D eigenvalue weighted by Crippen LogP contribution is 2.38. The topological polar surface area (TPSA) is 57.6 Å². The Morgan fingerprint density at radius 3 is 2.00 bits per heavy atom. The zero-order chi connectivity index (χ0) is 18.9. The number of carbonyl (C=O) groups is 2. The Balaban J connectivity index is 1.78. The number of aliphatic carboxylic acids is 1. The van der Waals surface area contributed by atoms with Crippen LogP contribution in [0.3, 0.4) is 0 Å². The van der Waals surface area contributed by atoms with Gasteiger partial charge in [-0.05, 0) is 23.3 Å². The van der Waals surface area contributed by atoms with Gasteiger partial charge in [0.15, 0.2) is 0 Å². The van der Waals surface area contributed by atoms with Gasteiger partial charge in [0.05, 0.1) is 11.8 Å². The van der Waals surface area contributed by atoms with Crippen molar-refractivity contribution in [3.63, 3.8) is 0 Å². The summed E-state index contributed by atoms with van der Waals surface area (Å²) >= 11 is 0. The van der Waals surface area contributed by atoms with Crippen LogP contribution < -0.4 is 0 Å². The van der Waals surface area contributed by atoms with Gasteiger partial charge in [-0.2, -0.15) is 13.2 Å². The van der Waals surface area contributed by atoms with Gasteiger partial charge < -0.3 is 10.0 Å². The van der Waals surface area contributed by atoms with E-state index in [4.69, 9.17) is 5.11 Å². The third-order valence-electron chi connectivity index (χ3n) is 4.58. The Morgan fingerprint density at radius 1 is 0.923 bits per heavy atom. The van der Waals surface area contributed by atoms with E-state index < -0.39 is 43.0 Å². The lowest BCUT2D eigenvalue weighted by molar-refractivity contribution is -0.187. The molecular weight excluding hydrogens is 347 g/mol. The molecular formula is C19H16F3NO3. The van der Waals surface area contributed by atoms with Crippen molar-refractivity contribution in [1.82, 2.24) is 4.90 Å². The van der Waals surface area contributed by atoms with Gasteiger partial charge in [0.2, 0.25) is 0 Å². The average Bonchev–Trinajstić information content (AvgIpc) is 3.08. The number of nitrogens with zero attached hydrogens (tertiary/aromatic N) is 1. The predicted octanol–water partition coefficient (Wildman–Crippen LogP) is 3.69. The van der Waals surface area contributed by atoms with E-state index in [0.29, 0.717) is 0 Å². The lowest BCUT2D eigenvalue weighted by atomic mass is 9.96. The van der Waals surface area contributed by atoms with Crippen molar-refractivity contribution in [3.05, 3.63) is 60.2 Å². The van der Waals surface area contributed by atoms with Gasteiger partial charge >= 0.3 is 12.1 Å². The zero-order valence-electron chi connectivity index (χ0n) is 13.6. The number of hydrogen-bond acceptors (Lipinski definition) is 2. The number of benzene rings is 2. The number of halogens is 3. The molecule has 0 radical (unpaired) electrons. The molecule has 2 aromatic rings. The first-order valence-corrected chi connectivity index (χ1v) is 8.01. The molecule has 2 atom stereocenters. The van der Waals surface area contributed by atoms with E-state index in [1.165, 1.54) is 0 Å². The van der Waals surface area contributed by atoms with Crippen molar-refractivity contribution in [2.24, 2.45) is 11.8 Å². The Morgan fingerprint density at radius 2 is 1.50 bits per heavy atom. The van der Waals surface area contributed by atoms with E-state index >= 15 is 0 Å². The molecule has 0 spiro atoms. The molecule has 1 heterocycles. The van der Waals surface area contributed by atoms with Crippen LogP contribution in [0.5, 0.6) is 0 Å². The molecule has 0 aromatic heterocycles. The van der Waals surface area contributed by atoms with Crippen molar-refractivity contribution >= 4 is 11.9 Å². The summed E-state index contributed by atoms with van der Waals surface area (Å²) in [6, 6.07) is 16.0. The minimum atomic E-state index is -4.66. The van der Waals surface area contributed by atoms with Crippen LogP contribution in [0.4, 0.5) is 13.2 Å². The Kier molecular flexibility index (Phi) is 4.71. The molecule has 0 bridgehead atoms. The highest BCUT2D eigenvalue weighted by atomic mass is 19.4. The van der Waals surface area contributed by atoms with Gasteiger partial charge in [0.1, 0.15) is 0 Å². The lowest BCUT2D eigenvalue weighted by Gasteiger charge is -2.18. The number of carboxylic acid groups (broad SMARTS) is 1. The summed E-state index contributed by atoms with van der Waals surface area (Å²) in [4.78, 5) is 24.6. The summed E-state index contributed by atoms with van der Waals surface area (Å²) in [5.41, 5.74) is 2.06. The Bertz CT molecular complexity index is 803. The number of amides is 1. The maximum Gasteiger partial charge on any atom is 0.394 e. The summed E-state index contributed by atoms with van der Waals surface area (Å²) in [5.74, 6) is -5.82. The largest absolute Gasteiger partial charge is 0.481 e. The van der Waals surface area contributed by atoms with Gasteiger partial charge in [0, 0.05) is 18.7 Å². The van der Waals surface area contributed by atoms with Crippen molar-refractivity contribution in [1.29, 1.82) is 0 Å². The maximum atomic E-state index is 13.0. The monoisotopic (exact) mass is 363 g/mol. The average molecular weight is 363 g/mol. The van der Waals surface area contributed by atoms with Crippen LogP contribution in [0.15, 0.2) is 54.6 Å². The molecule has 1 aliphatic rings. The second-order valence-corrected chi connectivity index (χ2v) is 6.25. The van der Waals surface area contributed by atoms with Crippen LogP contribution in [0.2, 0.25) is 0 Å². The molecule has 3 rings (SSSR count). The van der Waals surface area contributed by atoms with E-state index in [-0.39, 0.29) is 5.56 Å². The summed E-state index contributed by atoms with van der Waals surface area (Å²) < 4.78 is 39.1. The number of likely N-dealkylation sites (tertiary alicyclic amines) is 1. The molecule has 4 nitrogen and oxygen atoms in total. The minimum absolute atomic E-state index is 0.233. The van der Waals surface area contributed by atoms with Gasteiger partial charge in [-0.1, -0.05) is 42.5 Å². The lowest BCUT2D eigenvalue weighted by Crippen LogP contribution is -2.34. The molecule has 0 aliphatic carbocycles. The van der Waals surface area contributed by atoms with Crippen molar-refractivity contribution in [2.75, 3.05) is 13.1 Å². The van der Waals surface area contributed by atoms with Crippen LogP contribution in [0.25, 0.3) is 11.1 Å². The molecule has 0 saturated carbocycles. The summed E-state index contributed by atoms with van der Waals surface area (Å²) in [5, 5.41) is 9.04. The second kappa shape index (κ2) is 6.82. The quantitative estimate of drug-likeness (QED) is 0.905. The second-order valence-electron chi connectivity index (χ2n) is 6.25. The molecule has 1 N–H and O–H groups in total. The van der Waals surface area contributed by atoms with Crippen molar-refractivity contribution in [3.8, 4) is 11.1 Å². The molecule has 1 amide bonds. The van der Waals surface area contributed by atoms with Crippen molar-refractivity contribution in [2.45, 2.75) is 6.18 Å². The van der Waals surface area contributed by atoms with E-state index in [1.807, 2.05) is 30.3 Å². The number of hydrogen-bond donors (Lipinski definition) is 1. The first kappa shape index (κ1) is 18.0.